The van der Waals surface area contributed by atoms with Crippen LogP contribution in [-0.4, -0.2) is 17.0 Å². The Morgan fingerprint density at radius 2 is 2.05 bits per heavy atom. The maximum atomic E-state index is 13.5. The summed E-state index contributed by atoms with van der Waals surface area (Å²) in [6, 6.07) is 4.20. The highest BCUT2D eigenvalue weighted by Crippen LogP contribution is 2.37. The Morgan fingerprint density at radius 1 is 1.32 bits per heavy atom. The van der Waals surface area contributed by atoms with Gasteiger partial charge in [0, 0.05) is 29.7 Å². The van der Waals surface area contributed by atoms with Crippen molar-refractivity contribution < 1.29 is 22.3 Å². The van der Waals surface area contributed by atoms with E-state index >= 15 is 0 Å². The summed E-state index contributed by atoms with van der Waals surface area (Å²) in [5.74, 6) is -0.321. The van der Waals surface area contributed by atoms with E-state index in [4.69, 9.17) is 4.74 Å². The lowest BCUT2D eigenvalue weighted by molar-refractivity contribution is -0.203. The molecule has 0 amide bonds. The van der Waals surface area contributed by atoms with Crippen LogP contribution >= 0.6 is 0 Å². The minimum Gasteiger partial charge on any atom is -0.458 e. The molecular formula is C15H14F4N2O. The first-order valence-corrected chi connectivity index (χ1v) is 6.79. The zero-order valence-corrected chi connectivity index (χ0v) is 12.0. The van der Waals surface area contributed by atoms with Crippen LogP contribution in [0.25, 0.3) is 16.7 Å². The molecule has 0 radical (unpaired) electrons. The third kappa shape index (κ3) is 2.30. The number of nitrogens with one attached hydrogen (secondary N) is 1. The van der Waals surface area contributed by atoms with Crippen LogP contribution in [0.3, 0.4) is 0 Å². The van der Waals surface area contributed by atoms with E-state index in [1.807, 2.05) is 0 Å². The van der Waals surface area contributed by atoms with Gasteiger partial charge >= 0.3 is 6.18 Å². The van der Waals surface area contributed by atoms with Crippen LogP contribution < -0.4 is 5.32 Å². The molecule has 1 aliphatic heterocycles. The Bertz CT molecular complexity index is 761. The molecule has 1 unspecified atom stereocenters. The first-order chi connectivity index (χ1) is 10.3. The lowest BCUT2D eigenvalue weighted by atomic mass is 10.1. The first kappa shape index (κ1) is 14.7. The van der Waals surface area contributed by atoms with Gasteiger partial charge in [-0.25, -0.2) is 4.39 Å². The van der Waals surface area contributed by atoms with E-state index in [1.54, 1.807) is 30.8 Å². The number of aromatic nitrogens is 1. The van der Waals surface area contributed by atoms with Crippen molar-refractivity contribution in [3.8, 4) is 0 Å². The molecule has 1 atom stereocenters. The molecule has 7 heteroatoms. The molecule has 3 rings (SSSR count). The minimum absolute atomic E-state index is 0.126. The Morgan fingerprint density at radius 3 is 2.68 bits per heavy atom. The van der Waals surface area contributed by atoms with Gasteiger partial charge in [-0.15, -0.1) is 0 Å². The molecule has 1 aromatic heterocycles. The van der Waals surface area contributed by atoms with Gasteiger partial charge in [0.1, 0.15) is 5.82 Å². The van der Waals surface area contributed by atoms with E-state index in [-0.39, 0.29) is 5.76 Å². The quantitative estimate of drug-likeness (QED) is 0.851. The summed E-state index contributed by atoms with van der Waals surface area (Å²) >= 11 is 0. The maximum absolute atomic E-state index is 13.5. The summed E-state index contributed by atoms with van der Waals surface area (Å²) in [7, 11) is 1.75. The molecule has 0 saturated carbocycles. The smallest absolute Gasteiger partial charge is 0.445 e. The van der Waals surface area contributed by atoms with Crippen molar-refractivity contribution in [3.63, 3.8) is 0 Å². The summed E-state index contributed by atoms with van der Waals surface area (Å²) in [5, 5.41) is 2.87. The molecule has 2 heterocycles. The Labute approximate surface area is 124 Å². The molecule has 118 valence electrons. The summed E-state index contributed by atoms with van der Waals surface area (Å²) in [6.45, 7) is 1.73. The van der Waals surface area contributed by atoms with Gasteiger partial charge in [0.25, 0.3) is 6.23 Å². The molecule has 0 fully saturated rings. The number of alkyl halides is 3. The minimum atomic E-state index is -4.52. The van der Waals surface area contributed by atoms with Crippen molar-refractivity contribution in [3.05, 3.63) is 41.5 Å². The monoisotopic (exact) mass is 314 g/mol. The number of nitrogens with zero attached hydrogens (tertiary/aromatic N) is 1. The largest absolute Gasteiger partial charge is 0.458 e. The fraction of sp³-hybridized carbons (Fsp3) is 0.333. The van der Waals surface area contributed by atoms with Gasteiger partial charge in [0.05, 0.1) is 5.70 Å². The van der Waals surface area contributed by atoms with Gasteiger partial charge in [0.15, 0.2) is 5.76 Å². The summed E-state index contributed by atoms with van der Waals surface area (Å²) < 4.78 is 58.9. The van der Waals surface area contributed by atoms with Crippen molar-refractivity contribution in [2.75, 3.05) is 0 Å². The SMILES string of the molecule is CCC1=C(c2cn(C)c3ccc(F)cc23)OC(C(F)(F)F)N1. The highest BCUT2D eigenvalue weighted by molar-refractivity contribution is 5.92. The third-order valence-corrected chi connectivity index (χ3v) is 3.66. The van der Waals surface area contributed by atoms with Gasteiger partial charge in [-0.3, -0.25) is 0 Å². The Hall–Kier alpha value is -2.18. The number of fused-ring (bicyclic) bond motifs is 1. The fourth-order valence-electron chi connectivity index (χ4n) is 2.62. The normalized spacial score (nSPS) is 18.7. The first-order valence-electron chi connectivity index (χ1n) is 6.79. The average molecular weight is 314 g/mol. The number of benzene rings is 1. The predicted octanol–water partition coefficient (Wildman–Crippen LogP) is 3.90. The number of ether oxygens (including phenoxy) is 1. The second-order valence-electron chi connectivity index (χ2n) is 5.16. The third-order valence-electron chi connectivity index (χ3n) is 3.66. The predicted molar refractivity (Wildman–Crippen MR) is 74.2 cm³/mol. The van der Waals surface area contributed by atoms with E-state index in [0.29, 0.717) is 23.1 Å². The van der Waals surface area contributed by atoms with Crippen molar-refractivity contribution in [2.45, 2.75) is 25.7 Å². The zero-order valence-electron chi connectivity index (χ0n) is 12.0. The second-order valence-corrected chi connectivity index (χ2v) is 5.16. The summed E-state index contributed by atoms with van der Waals surface area (Å²) in [4.78, 5) is 0. The van der Waals surface area contributed by atoms with Crippen LogP contribution in [0.15, 0.2) is 30.1 Å². The van der Waals surface area contributed by atoms with E-state index < -0.39 is 18.2 Å². The van der Waals surface area contributed by atoms with Crippen molar-refractivity contribution in [1.82, 2.24) is 9.88 Å². The Balaban J connectivity index is 2.12. The molecule has 3 nitrogen and oxygen atoms in total. The molecule has 1 N–H and O–H groups in total. The highest BCUT2D eigenvalue weighted by atomic mass is 19.4. The van der Waals surface area contributed by atoms with Crippen molar-refractivity contribution in [1.29, 1.82) is 0 Å². The number of aryl methyl sites for hydroxylation is 1. The van der Waals surface area contributed by atoms with Crippen molar-refractivity contribution >= 4 is 16.7 Å². The van der Waals surface area contributed by atoms with E-state index in [2.05, 4.69) is 5.32 Å². The highest BCUT2D eigenvalue weighted by Gasteiger charge is 2.46. The summed E-state index contributed by atoms with van der Waals surface area (Å²) in [6.07, 6.45) is -4.58. The number of hydrogen-bond acceptors (Lipinski definition) is 2. The topological polar surface area (TPSA) is 26.2 Å². The molecule has 0 bridgehead atoms. The maximum Gasteiger partial charge on any atom is 0.445 e. The van der Waals surface area contributed by atoms with Crippen LogP contribution in [0, 0.1) is 5.82 Å². The van der Waals surface area contributed by atoms with Gasteiger partial charge in [0.2, 0.25) is 0 Å². The summed E-state index contributed by atoms with van der Waals surface area (Å²) in [5.41, 5.74) is 1.53. The van der Waals surface area contributed by atoms with Crippen LogP contribution in [0.2, 0.25) is 0 Å². The van der Waals surface area contributed by atoms with E-state index in [1.165, 1.54) is 12.1 Å². The van der Waals surface area contributed by atoms with Crippen LogP contribution in [0.4, 0.5) is 17.6 Å². The Kier molecular flexibility index (Phi) is 3.30. The standard InChI is InChI=1S/C15H14F4N2O/c1-3-11-13(22-14(20-11)15(17,18)19)10-7-21(2)12-5-4-8(16)6-9(10)12/h4-7,14,20H,3H2,1-2H3. The fourth-order valence-corrected chi connectivity index (χ4v) is 2.62. The molecule has 0 aliphatic carbocycles. The molecule has 0 spiro atoms. The number of rotatable bonds is 2. The van der Waals surface area contributed by atoms with Crippen LogP contribution in [-0.2, 0) is 11.8 Å². The average Bonchev–Trinajstić information content (AvgIpc) is 2.99. The molecular weight excluding hydrogens is 300 g/mol. The second kappa shape index (κ2) is 4.93. The number of hydrogen-bond donors (Lipinski definition) is 1. The van der Waals surface area contributed by atoms with Gasteiger partial charge < -0.3 is 14.6 Å². The van der Waals surface area contributed by atoms with E-state index in [9.17, 15) is 17.6 Å². The molecule has 0 saturated heterocycles. The van der Waals surface area contributed by atoms with Gasteiger partial charge in [-0.2, -0.15) is 13.2 Å². The number of allylic oxidation sites excluding steroid dienone is 1. The molecule has 1 aliphatic rings. The molecule has 1 aromatic carbocycles. The molecule has 22 heavy (non-hydrogen) atoms. The van der Waals surface area contributed by atoms with Gasteiger partial charge in [-0.05, 0) is 24.6 Å². The number of halogens is 4. The van der Waals surface area contributed by atoms with Gasteiger partial charge in [-0.1, -0.05) is 6.92 Å². The lowest BCUT2D eigenvalue weighted by Crippen LogP contribution is -2.39. The van der Waals surface area contributed by atoms with Crippen LogP contribution in [0.5, 0.6) is 0 Å². The van der Waals surface area contributed by atoms with Crippen LogP contribution in [0.1, 0.15) is 18.9 Å². The molecule has 2 aromatic rings. The van der Waals surface area contributed by atoms with E-state index in [0.717, 1.165) is 5.52 Å². The zero-order chi connectivity index (χ0) is 16.1. The lowest BCUT2D eigenvalue weighted by Gasteiger charge is -2.16. The van der Waals surface area contributed by atoms with Crippen molar-refractivity contribution in [2.24, 2.45) is 7.05 Å².